The molecule has 0 saturated carbocycles. The molecule has 2 aliphatic rings. The average molecular weight is 692 g/mol. The Hall–Kier alpha value is -4.33. The van der Waals surface area contributed by atoms with E-state index in [0.29, 0.717) is 38.8 Å². The lowest BCUT2D eigenvalue weighted by Crippen LogP contribution is -2.60. The summed E-state index contributed by atoms with van der Waals surface area (Å²) in [6.45, 7) is 5.30. The molecule has 50 heavy (non-hydrogen) atoms. The van der Waals surface area contributed by atoms with Crippen LogP contribution in [-0.4, -0.2) is 107 Å². The van der Waals surface area contributed by atoms with Crippen LogP contribution in [0.15, 0.2) is 60.7 Å². The number of aliphatic carboxylic acids is 1. The molecule has 2 aromatic carbocycles. The third-order valence-corrected chi connectivity index (χ3v) is 9.91. The van der Waals surface area contributed by atoms with Gasteiger partial charge >= 0.3 is 5.97 Å². The number of carboxylic acid groups (broad SMARTS) is 1. The van der Waals surface area contributed by atoms with E-state index < -0.39 is 35.5 Å². The molecule has 4 rings (SSSR count). The van der Waals surface area contributed by atoms with Gasteiger partial charge in [0.15, 0.2) is 0 Å². The van der Waals surface area contributed by atoms with Gasteiger partial charge in [-0.3, -0.25) is 24.0 Å². The fourth-order valence-corrected chi connectivity index (χ4v) is 6.83. The summed E-state index contributed by atoms with van der Waals surface area (Å²) in [7, 11) is 0. The first kappa shape index (κ1) is 38.5. The van der Waals surface area contributed by atoms with Crippen LogP contribution in [0.5, 0.6) is 0 Å². The van der Waals surface area contributed by atoms with E-state index in [1.54, 1.807) is 9.80 Å². The Labute approximate surface area is 294 Å². The lowest BCUT2D eigenvalue weighted by Gasteiger charge is -2.40. The summed E-state index contributed by atoms with van der Waals surface area (Å²) in [6, 6.07) is 16.4. The van der Waals surface area contributed by atoms with Gasteiger partial charge in [0.25, 0.3) is 0 Å². The zero-order valence-electron chi connectivity index (χ0n) is 29.2. The van der Waals surface area contributed by atoms with Crippen LogP contribution in [0.4, 0.5) is 0 Å². The van der Waals surface area contributed by atoms with E-state index in [1.807, 2.05) is 67.6 Å². The highest BCUT2D eigenvalue weighted by molar-refractivity contribution is 5.96. The van der Waals surface area contributed by atoms with Gasteiger partial charge in [0.1, 0.15) is 23.7 Å². The van der Waals surface area contributed by atoms with Crippen LogP contribution in [0, 0.1) is 0 Å². The molecule has 0 bridgehead atoms. The number of likely N-dealkylation sites (tertiary alicyclic amines) is 2. The summed E-state index contributed by atoms with van der Waals surface area (Å²) in [6.07, 6.45) is 2.43. The van der Waals surface area contributed by atoms with Crippen molar-refractivity contribution >= 4 is 29.6 Å². The standard InChI is InChI=1S/C37H53N7O6/c1-25(28-13-7-4-8-14-28)23-40-24-32(45)41-29(22-27-11-5-3-6-12-27)33(46)42-30-21-26(2)44(34(30)47)31(15-9-10-18-38)35(48)43-19-16-37(39,17-20-43)36(49)50/h3-8,11-14,25-26,29-31,40H,9-10,15-24,38-39H2,1-2H3,(H,41,45)(H,42,46)(H,49,50)/t25-,26?,29+,30+,31+/m0/s1. The lowest BCUT2D eigenvalue weighted by molar-refractivity contribution is -0.151. The molecule has 2 saturated heterocycles. The van der Waals surface area contributed by atoms with Crippen molar-refractivity contribution in [3.8, 4) is 0 Å². The first-order valence-corrected chi connectivity index (χ1v) is 17.7. The van der Waals surface area contributed by atoms with Gasteiger partial charge in [-0.25, -0.2) is 0 Å². The molecule has 13 heteroatoms. The van der Waals surface area contributed by atoms with E-state index in [-0.39, 0.29) is 68.6 Å². The molecule has 8 N–H and O–H groups in total. The van der Waals surface area contributed by atoms with Gasteiger partial charge < -0.3 is 42.3 Å². The fraction of sp³-hybridized carbons (Fsp3) is 0.541. The Kier molecular flexibility index (Phi) is 13.9. The van der Waals surface area contributed by atoms with E-state index in [9.17, 15) is 29.1 Å². The summed E-state index contributed by atoms with van der Waals surface area (Å²) >= 11 is 0. The maximum atomic E-state index is 14.0. The smallest absolute Gasteiger partial charge is 0.323 e. The van der Waals surface area contributed by atoms with Gasteiger partial charge in [0, 0.05) is 32.1 Å². The number of carbonyl (C=O) groups excluding carboxylic acids is 4. The third kappa shape index (κ3) is 10.1. The van der Waals surface area contributed by atoms with Gasteiger partial charge in [-0.1, -0.05) is 67.6 Å². The van der Waals surface area contributed by atoms with Gasteiger partial charge in [0.2, 0.25) is 23.6 Å². The number of rotatable bonds is 17. The number of amides is 4. The first-order valence-electron chi connectivity index (χ1n) is 17.7. The quantitative estimate of drug-likeness (QED) is 0.132. The van der Waals surface area contributed by atoms with E-state index in [2.05, 4.69) is 22.9 Å². The Bertz CT molecular complexity index is 1450. The minimum absolute atomic E-state index is 0.0176. The topological polar surface area (TPSA) is 200 Å². The molecule has 5 atom stereocenters. The van der Waals surface area contributed by atoms with Crippen molar-refractivity contribution in [3.63, 3.8) is 0 Å². The minimum Gasteiger partial charge on any atom is -0.480 e. The Morgan fingerprint density at radius 1 is 1.00 bits per heavy atom. The number of unbranched alkanes of at least 4 members (excludes halogenated alkanes) is 1. The summed E-state index contributed by atoms with van der Waals surface area (Å²) in [5, 5.41) is 18.5. The van der Waals surface area contributed by atoms with E-state index in [4.69, 9.17) is 11.5 Å². The highest BCUT2D eigenvalue weighted by Crippen LogP contribution is 2.28. The summed E-state index contributed by atoms with van der Waals surface area (Å²) in [4.78, 5) is 69.5. The molecule has 0 radical (unpaired) electrons. The van der Waals surface area contributed by atoms with Crippen LogP contribution in [0.1, 0.15) is 69.4 Å². The summed E-state index contributed by atoms with van der Waals surface area (Å²) in [5.41, 5.74) is 12.4. The molecule has 0 spiro atoms. The number of nitrogens with zero attached hydrogens (tertiary/aromatic N) is 2. The predicted octanol–water partition coefficient (Wildman–Crippen LogP) is 1.11. The zero-order chi connectivity index (χ0) is 36.3. The number of piperidine rings is 1. The molecule has 2 aromatic rings. The van der Waals surface area contributed by atoms with Crippen molar-refractivity contribution in [2.45, 2.75) is 94.4 Å². The van der Waals surface area contributed by atoms with Crippen molar-refractivity contribution < 1.29 is 29.1 Å². The molecular weight excluding hydrogens is 638 g/mol. The average Bonchev–Trinajstić information content (AvgIpc) is 3.38. The minimum atomic E-state index is -1.39. The second-order valence-corrected chi connectivity index (χ2v) is 13.7. The van der Waals surface area contributed by atoms with Crippen molar-refractivity contribution in [1.29, 1.82) is 0 Å². The molecule has 272 valence electrons. The third-order valence-electron chi connectivity index (χ3n) is 9.91. The van der Waals surface area contributed by atoms with Crippen LogP contribution in [-0.2, 0) is 30.4 Å². The molecule has 1 unspecified atom stereocenters. The number of nitrogens with one attached hydrogen (secondary N) is 3. The molecule has 4 amide bonds. The number of carbonyl (C=O) groups is 5. The summed E-state index contributed by atoms with van der Waals surface area (Å²) < 4.78 is 0. The van der Waals surface area contributed by atoms with Gasteiger partial charge in [-0.15, -0.1) is 0 Å². The van der Waals surface area contributed by atoms with Crippen LogP contribution in [0.3, 0.4) is 0 Å². The van der Waals surface area contributed by atoms with E-state index >= 15 is 0 Å². The SMILES string of the molecule is CC1C[C@@H](NC(=O)[C@@H](Cc2ccccc2)NC(=O)CNC[C@H](C)c2ccccc2)C(=O)N1[C@H](CCCCN)C(=O)N1CCC(N)(C(=O)O)CC1. The molecule has 0 aliphatic carbocycles. The Morgan fingerprint density at radius 3 is 2.26 bits per heavy atom. The van der Waals surface area contributed by atoms with Gasteiger partial charge in [-0.2, -0.15) is 0 Å². The maximum absolute atomic E-state index is 14.0. The van der Waals surface area contributed by atoms with Crippen molar-refractivity contribution in [2.75, 3.05) is 32.7 Å². The molecule has 2 fully saturated rings. The number of nitrogens with two attached hydrogens (primary N) is 2. The van der Waals surface area contributed by atoms with Crippen molar-refractivity contribution in [1.82, 2.24) is 25.8 Å². The van der Waals surface area contributed by atoms with E-state index in [1.165, 1.54) is 0 Å². The normalized spacial score (nSPS) is 20.5. The van der Waals surface area contributed by atoms with Crippen LogP contribution >= 0.6 is 0 Å². The monoisotopic (exact) mass is 691 g/mol. The number of hydrogen-bond donors (Lipinski definition) is 6. The highest BCUT2D eigenvalue weighted by Gasteiger charge is 2.46. The van der Waals surface area contributed by atoms with Crippen LogP contribution in [0.2, 0.25) is 0 Å². The number of benzene rings is 2. The predicted molar refractivity (Wildman–Crippen MR) is 190 cm³/mol. The van der Waals surface area contributed by atoms with Crippen LogP contribution < -0.4 is 27.4 Å². The molecule has 2 heterocycles. The Balaban J connectivity index is 1.42. The first-order chi connectivity index (χ1) is 23.9. The Morgan fingerprint density at radius 2 is 1.64 bits per heavy atom. The van der Waals surface area contributed by atoms with Crippen molar-refractivity contribution in [3.05, 3.63) is 71.8 Å². The number of hydrogen-bond acceptors (Lipinski definition) is 8. The maximum Gasteiger partial charge on any atom is 0.323 e. The fourth-order valence-electron chi connectivity index (χ4n) is 6.83. The van der Waals surface area contributed by atoms with Gasteiger partial charge in [0.05, 0.1) is 6.54 Å². The van der Waals surface area contributed by atoms with Crippen molar-refractivity contribution in [2.24, 2.45) is 11.5 Å². The van der Waals surface area contributed by atoms with Crippen LogP contribution in [0.25, 0.3) is 0 Å². The largest absolute Gasteiger partial charge is 0.480 e. The van der Waals surface area contributed by atoms with Gasteiger partial charge in [-0.05, 0) is 69.0 Å². The highest BCUT2D eigenvalue weighted by atomic mass is 16.4. The number of carboxylic acids is 1. The second-order valence-electron chi connectivity index (χ2n) is 13.7. The van der Waals surface area contributed by atoms with E-state index in [0.717, 1.165) is 11.1 Å². The summed E-state index contributed by atoms with van der Waals surface area (Å²) in [5.74, 6) is -2.36. The lowest BCUT2D eigenvalue weighted by atomic mass is 9.88. The second kappa shape index (κ2) is 18.1. The molecular formula is C37H53N7O6. The molecule has 0 aromatic heterocycles. The molecule has 13 nitrogen and oxygen atoms in total. The molecule has 2 aliphatic heterocycles. The zero-order valence-corrected chi connectivity index (χ0v) is 29.2.